The molecule has 1 saturated carbocycles. The van der Waals surface area contributed by atoms with Crippen LogP contribution in [0, 0.1) is 5.41 Å². The molecule has 5 heterocycles. The predicted octanol–water partition coefficient (Wildman–Crippen LogP) is 3.27. The van der Waals surface area contributed by atoms with Crippen molar-refractivity contribution in [1.82, 2.24) is 24.4 Å². The summed E-state index contributed by atoms with van der Waals surface area (Å²) in [6, 6.07) is 9.23. The van der Waals surface area contributed by atoms with Crippen molar-refractivity contribution in [3.8, 4) is 0 Å². The summed E-state index contributed by atoms with van der Waals surface area (Å²) in [5.74, 6) is 1.54. The first-order valence-corrected chi connectivity index (χ1v) is 13.0. The smallest absolute Gasteiger partial charge is 0.229 e. The largest absolute Gasteiger partial charge is 0.378 e. The number of anilines is 4. The van der Waals surface area contributed by atoms with Crippen molar-refractivity contribution in [2.75, 3.05) is 74.6 Å². The normalized spacial score (nSPS) is 22.5. The fourth-order valence-corrected chi connectivity index (χ4v) is 6.48. The molecule has 0 radical (unpaired) electrons. The highest BCUT2D eigenvalue weighted by molar-refractivity contribution is 5.87. The molecule has 0 atom stereocenters. The summed E-state index contributed by atoms with van der Waals surface area (Å²) in [5, 5.41) is 3.57. The molecule has 9 heteroatoms. The average Bonchev–Trinajstić information content (AvgIpc) is 3.52. The highest BCUT2D eigenvalue weighted by Gasteiger charge is 2.50. The van der Waals surface area contributed by atoms with Crippen molar-refractivity contribution in [2.24, 2.45) is 5.41 Å². The maximum absolute atomic E-state index is 5.56. The molecule has 0 bridgehead atoms. The lowest BCUT2D eigenvalue weighted by atomic mass is 9.73. The third-order valence-electron chi connectivity index (χ3n) is 8.18. The Hall–Kier alpha value is -2.91. The van der Waals surface area contributed by atoms with E-state index in [0.29, 0.717) is 24.7 Å². The Morgan fingerprint density at radius 2 is 1.69 bits per heavy atom. The van der Waals surface area contributed by atoms with Gasteiger partial charge in [0.2, 0.25) is 5.95 Å². The van der Waals surface area contributed by atoms with E-state index in [-0.39, 0.29) is 0 Å². The molecule has 2 aromatic heterocycles. The minimum atomic E-state index is 0.481. The Morgan fingerprint density at radius 1 is 0.943 bits per heavy atom. The van der Waals surface area contributed by atoms with Gasteiger partial charge in [-0.2, -0.15) is 9.97 Å². The van der Waals surface area contributed by atoms with E-state index in [1.165, 1.54) is 44.5 Å². The van der Waals surface area contributed by atoms with Crippen LogP contribution in [-0.4, -0.2) is 83.9 Å². The fourth-order valence-electron chi connectivity index (χ4n) is 6.48. The predicted molar refractivity (Wildman–Crippen MR) is 138 cm³/mol. The Kier molecular flexibility index (Phi) is 5.10. The van der Waals surface area contributed by atoms with Gasteiger partial charge in [0.1, 0.15) is 0 Å². The van der Waals surface area contributed by atoms with Crippen LogP contribution >= 0.6 is 0 Å². The van der Waals surface area contributed by atoms with Crippen LogP contribution in [0.15, 0.2) is 30.6 Å². The third kappa shape index (κ3) is 3.81. The van der Waals surface area contributed by atoms with Crippen LogP contribution < -0.4 is 15.1 Å². The summed E-state index contributed by atoms with van der Waals surface area (Å²) in [4.78, 5) is 21.8. The van der Waals surface area contributed by atoms with Gasteiger partial charge in [-0.15, -0.1) is 0 Å². The lowest BCUT2D eigenvalue weighted by molar-refractivity contribution is -0.00238. The van der Waals surface area contributed by atoms with E-state index in [9.17, 15) is 0 Å². The van der Waals surface area contributed by atoms with Gasteiger partial charge in [-0.1, -0.05) is 12.8 Å². The molecule has 0 unspecified atom stereocenters. The van der Waals surface area contributed by atoms with Gasteiger partial charge < -0.3 is 29.3 Å². The molecule has 0 amide bonds. The summed E-state index contributed by atoms with van der Waals surface area (Å²) in [7, 11) is 2.21. The molecular weight excluding hydrogens is 440 g/mol. The van der Waals surface area contributed by atoms with Gasteiger partial charge in [-0.05, 0) is 44.2 Å². The molecular formula is C26H34N8O. The van der Waals surface area contributed by atoms with E-state index in [4.69, 9.17) is 19.7 Å². The zero-order valence-corrected chi connectivity index (χ0v) is 20.5. The first-order valence-electron chi connectivity index (χ1n) is 13.0. The number of benzene rings is 1. The first kappa shape index (κ1) is 21.4. The van der Waals surface area contributed by atoms with Crippen molar-refractivity contribution >= 4 is 34.3 Å². The van der Waals surface area contributed by atoms with Gasteiger partial charge >= 0.3 is 0 Å². The summed E-state index contributed by atoms with van der Waals surface area (Å²) < 4.78 is 7.84. The molecule has 1 spiro atoms. The summed E-state index contributed by atoms with van der Waals surface area (Å²) in [6.45, 7) is 7.83. The molecule has 4 aliphatic rings. The highest BCUT2D eigenvalue weighted by atomic mass is 16.5. The monoisotopic (exact) mass is 474 g/mol. The molecule has 1 aliphatic carbocycles. The van der Waals surface area contributed by atoms with Crippen molar-refractivity contribution < 1.29 is 4.74 Å². The van der Waals surface area contributed by atoms with Crippen LogP contribution in [0.3, 0.4) is 0 Å². The Labute approximate surface area is 206 Å². The van der Waals surface area contributed by atoms with Crippen LogP contribution in [0.25, 0.3) is 11.2 Å². The number of hydrogen-bond donors (Lipinski definition) is 1. The molecule has 1 aromatic carbocycles. The maximum atomic E-state index is 5.56. The van der Waals surface area contributed by atoms with Crippen LogP contribution in [0.2, 0.25) is 0 Å². The molecule has 7 rings (SSSR count). The van der Waals surface area contributed by atoms with Crippen molar-refractivity contribution in [3.63, 3.8) is 0 Å². The number of ether oxygens (including phenoxy) is 1. The van der Waals surface area contributed by atoms with Crippen LogP contribution in [0.5, 0.6) is 0 Å². The number of fused-ring (bicyclic) bond motifs is 1. The number of nitrogens with zero attached hydrogens (tertiary/aromatic N) is 7. The Balaban J connectivity index is 1.16. The van der Waals surface area contributed by atoms with E-state index >= 15 is 0 Å². The number of aromatic nitrogens is 4. The number of morpholine rings is 1. The summed E-state index contributed by atoms with van der Waals surface area (Å²) in [6.07, 6.45) is 6.90. The van der Waals surface area contributed by atoms with Crippen LogP contribution in [0.1, 0.15) is 31.7 Å². The van der Waals surface area contributed by atoms with E-state index in [2.05, 4.69) is 55.9 Å². The molecule has 4 fully saturated rings. The standard InChI is InChI=1S/C26H34N8O/c1-31-14-26(15-31)16-33(17-26)20-8-6-19(7-9-20)28-23-22-24(34(18-27-22)21-4-2-3-5-21)30-25(29-23)32-10-12-35-13-11-32/h6-9,18,21H,2-5,10-17H2,1H3,(H,28,29,30). The minimum Gasteiger partial charge on any atom is -0.378 e. The second-order valence-electron chi connectivity index (χ2n) is 10.9. The van der Waals surface area contributed by atoms with Gasteiger partial charge in [0.05, 0.1) is 19.5 Å². The van der Waals surface area contributed by atoms with E-state index < -0.39 is 0 Å². The van der Waals surface area contributed by atoms with Gasteiger partial charge in [-0.25, -0.2) is 4.98 Å². The van der Waals surface area contributed by atoms with Gasteiger partial charge in [0.15, 0.2) is 17.0 Å². The summed E-state index contributed by atoms with van der Waals surface area (Å²) >= 11 is 0. The van der Waals surface area contributed by atoms with Crippen molar-refractivity contribution in [2.45, 2.75) is 31.7 Å². The Morgan fingerprint density at radius 3 is 2.40 bits per heavy atom. The first-order chi connectivity index (χ1) is 17.2. The number of imidazole rings is 1. The zero-order chi connectivity index (χ0) is 23.4. The zero-order valence-electron chi connectivity index (χ0n) is 20.5. The van der Waals surface area contributed by atoms with Gasteiger partial charge in [0.25, 0.3) is 0 Å². The third-order valence-corrected chi connectivity index (χ3v) is 8.18. The molecule has 9 nitrogen and oxygen atoms in total. The lowest BCUT2D eigenvalue weighted by Gasteiger charge is -2.60. The lowest BCUT2D eigenvalue weighted by Crippen LogP contribution is -2.71. The van der Waals surface area contributed by atoms with E-state index in [0.717, 1.165) is 54.8 Å². The molecule has 1 N–H and O–H groups in total. The fraction of sp³-hybridized carbons (Fsp3) is 0.577. The molecule has 3 aliphatic heterocycles. The van der Waals surface area contributed by atoms with Crippen LogP contribution in [-0.2, 0) is 4.74 Å². The number of rotatable bonds is 5. The average molecular weight is 475 g/mol. The van der Waals surface area contributed by atoms with Gasteiger partial charge in [-0.3, -0.25) is 0 Å². The maximum Gasteiger partial charge on any atom is 0.229 e. The second-order valence-corrected chi connectivity index (χ2v) is 10.9. The molecule has 3 aromatic rings. The van der Waals surface area contributed by atoms with Crippen molar-refractivity contribution in [3.05, 3.63) is 30.6 Å². The number of nitrogens with one attached hydrogen (secondary N) is 1. The summed E-state index contributed by atoms with van der Waals surface area (Å²) in [5.41, 5.74) is 4.63. The van der Waals surface area contributed by atoms with E-state index in [1.54, 1.807) is 0 Å². The molecule has 3 saturated heterocycles. The van der Waals surface area contributed by atoms with Crippen LogP contribution in [0.4, 0.5) is 23.1 Å². The SMILES string of the molecule is CN1CC2(C1)CN(c1ccc(Nc3nc(N4CCOCC4)nc4c3ncn4C3CCCC3)cc1)C2. The topological polar surface area (TPSA) is 74.6 Å². The molecule has 35 heavy (non-hydrogen) atoms. The van der Waals surface area contributed by atoms with E-state index in [1.807, 2.05) is 6.33 Å². The Bertz CT molecular complexity index is 1200. The minimum absolute atomic E-state index is 0.481. The number of likely N-dealkylation sites (tertiary alicyclic amines) is 1. The van der Waals surface area contributed by atoms with Gasteiger partial charge in [0, 0.05) is 62.1 Å². The highest BCUT2D eigenvalue weighted by Crippen LogP contribution is 2.41. The quantitative estimate of drug-likeness (QED) is 0.604. The second kappa shape index (κ2) is 8.34. The molecule has 184 valence electrons. The van der Waals surface area contributed by atoms with Crippen molar-refractivity contribution in [1.29, 1.82) is 0 Å². The number of hydrogen-bond acceptors (Lipinski definition) is 8.